The highest BCUT2D eigenvalue weighted by atomic mass is 32.2. The Morgan fingerprint density at radius 1 is 1.36 bits per heavy atom. The first-order valence-electron chi connectivity index (χ1n) is 4.82. The third kappa shape index (κ3) is 2.04. The number of rotatable bonds is 3. The zero-order valence-corrected chi connectivity index (χ0v) is 9.09. The largest absolute Gasteiger partial charge is 0.324 e. The SMILES string of the molecule is CC1(NCC2(N)CC(F)(F)C2)CSC1. The van der Waals surface area contributed by atoms with Crippen molar-refractivity contribution in [2.75, 3.05) is 18.1 Å². The van der Waals surface area contributed by atoms with E-state index in [1.165, 1.54) is 0 Å². The molecule has 5 heteroatoms. The number of hydrogen-bond donors (Lipinski definition) is 2. The zero-order chi connectivity index (χ0) is 10.4. The van der Waals surface area contributed by atoms with Crippen LogP contribution in [0.5, 0.6) is 0 Å². The molecule has 0 radical (unpaired) electrons. The lowest BCUT2D eigenvalue weighted by Crippen LogP contribution is -2.67. The number of nitrogens with two attached hydrogens (primary N) is 1. The first-order valence-corrected chi connectivity index (χ1v) is 5.98. The summed E-state index contributed by atoms with van der Waals surface area (Å²) in [5, 5.41) is 3.30. The van der Waals surface area contributed by atoms with E-state index in [1.54, 1.807) is 0 Å². The fraction of sp³-hybridized carbons (Fsp3) is 1.00. The Labute approximate surface area is 87.0 Å². The average molecular weight is 222 g/mol. The summed E-state index contributed by atoms with van der Waals surface area (Å²) in [5.74, 6) is -0.412. The Hall–Kier alpha value is 0.130. The second-order valence-electron chi connectivity index (χ2n) is 4.98. The summed E-state index contributed by atoms with van der Waals surface area (Å²) >= 11 is 1.87. The molecular formula is C9H16F2N2S. The van der Waals surface area contributed by atoms with E-state index in [2.05, 4.69) is 12.2 Å². The van der Waals surface area contributed by atoms with E-state index in [0.717, 1.165) is 11.5 Å². The number of halogens is 2. The van der Waals surface area contributed by atoms with Gasteiger partial charge in [0.05, 0.1) is 0 Å². The van der Waals surface area contributed by atoms with E-state index in [0.29, 0.717) is 6.54 Å². The van der Waals surface area contributed by atoms with Gasteiger partial charge in [0.25, 0.3) is 5.92 Å². The van der Waals surface area contributed by atoms with Crippen LogP contribution in [0, 0.1) is 0 Å². The molecule has 0 bridgehead atoms. The molecule has 1 aliphatic carbocycles. The summed E-state index contributed by atoms with van der Waals surface area (Å²) in [7, 11) is 0. The lowest BCUT2D eigenvalue weighted by molar-refractivity contribution is -0.121. The summed E-state index contributed by atoms with van der Waals surface area (Å²) < 4.78 is 25.3. The first-order chi connectivity index (χ1) is 6.33. The fourth-order valence-electron chi connectivity index (χ4n) is 2.00. The number of thioether (sulfide) groups is 1. The predicted octanol–water partition coefficient (Wildman–Crippen LogP) is 1.21. The number of hydrogen-bond acceptors (Lipinski definition) is 3. The Morgan fingerprint density at radius 2 is 1.93 bits per heavy atom. The van der Waals surface area contributed by atoms with Crippen molar-refractivity contribution in [2.45, 2.75) is 36.8 Å². The Morgan fingerprint density at radius 3 is 2.29 bits per heavy atom. The summed E-state index contributed by atoms with van der Waals surface area (Å²) in [5.41, 5.74) is 5.27. The van der Waals surface area contributed by atoms with Crippen LogP contribution in [0.4, 0.5) is 8.78 Å². The second kappa shape index (κ2) is 3.06. The standard InChI is InChI=1S/C9H16F2N2S/c1-7(5-14-6-7)13-4-8(12)2-9(10,11)3-8/h13H,2-6,12H2,1H3. The number of alkyl halides is 2. The lowest BCUT2D eigenvalue weighted by atomic mass is 9.74. The smallest absolute Gasteiger partial charge is 0.251 e. The van der Waals surface area contributed by atoms with E-state index < -0.39 is 11.5 Å². The molecule has 0 amide bonds. The van der Waals surface area contributed by atoms with Crippen LogP contribution in [0.3, 0.4) is 0 Å². The molecule has 14 heavy (non-hydrogen) atoms. The maximum absolute atomic E-state index is 12.6. The predicted molar refractivity (Wildman–Crippen MR) is 54.8 cm³/mol. The van der Waals surface area contributed by atoms with Gasteiger partial charge in [-0.05, 0) is 6.92 Å². The van der Waals surface area contributed by atoms with Crippen molar-refractivity contribution in [2.24, 2.45) is 5.73 Å². The minimum atomic E-state index is -2.52. The Balaban J connectivity index is 1.76. The van der Waals surface area contributed by atoms with Crippen LogP contribution in [-0.2, 0) is 0 Å². The average Bonchev–Trinajstić information content (AvgIpc) is 1.93. The monoisotopic (exact) mass is 222 g/mol. The van der Waals surface area contributed by atoms with E-state index >= 15 is 0 Å². The van der Waals surface area contributed by atoms with Crippen LogP contribution in [0.1, 0.15) is 19.8 Å². The first kappa shape index (κ1) is 10.6. The van der Waals surface area contributed by atoms with Crippen LogP contribution in [0.15, 0.2) is 0 Å². The molecule has 0 aromatic rings. The van der Waals surface area contributed by atoms with Crippen molar-refractivity contribution in [1.82, 2.24) is 5.32 Å². The fourth-order valence-corrected chi connectivity index (χ4v) is 3.02. The highest BCUT2D eigenvalue weighted by Crippen LogP contribution is 2.44. The van der Waals surface area contributed by atoms with Gasteiger partial charge in [0.15, 0.2) is 0 Å². The van der Waals surface area contributed by atoms with Gasteiger partial charge in [-0.2, -0.15) is 11.8 Å². The molecule has 2 nitrogen and oxygen atoms in total. The van der Waals surface area contributed by atoms with Gasteiger partial charge in [-0.3, -0.25) is 0 Å². The third-order valence-electron chi connectivity index (χ3n) is 2.93. The minimum Gasteiger partial charge on any atom is -0.324 e. The van der Waals surface area contributed by atoms with Gasteiger partial charge >= 0.3 is 0 Å². The highest BCUT2D eigenvalue weighted by Gasteiger charge is 2.54. The van der Waals surface area contributed by atoms with E-state index in [9.17, 15) is 8.78 Å². The molecule has 2 aliphatic rings. The van der Waals surface area contributed by atoms with E-state index in [1.807, 2.05) is 11.8 Å². The third-order valence-corrected chi connectivity index (χ3v) is 4.61. The van der Waals surface area contributed by atoms with Crippen LogP contribution >= 0.6 is 11.8 Å². The summed E-state index contributed by atoms with van der Waals surface area (Å²) in [6.45, 7) is 2.63. The topological polar surface area (TPSA) is 38.0 Å². The van der Waals surface area contributed by atoms with Crippen molar-refractivity contribution in [3.63, 3.8) is 0 Å². The van der Waals surface area contributed by atoms with E-state index in [-0.39, 0.29) is 18.4 Å². The van der Waals surface area contributed by atoms with Crippen LogP contribution in [-0.4, -0.2) is 35.1 Å². The van der Waals surface area contributed by atoms with Crippen LogP contribution < -0.4 is 11.1 Å². The molecule has 1 saturated carbocycles. The van der Waals surface area contributed by atoms with Crippen molar-refractivity contribution in [3.05, 3.63) is 0 Å². The maximum atomic E-state index is 12.6. The second-order valence-corrected chi connectivity index (χ2v) is 5.96. The molecule has 0 spiro atoms. The molecule has 0 atom stereocenters. The molecule has 1 saturated heterocycles. The molecule has 1 aliphatic heterocycles. The molecule has 2 rings (SSSR count). The molecule has 0 aromatic heterocycles. The molecule has 2 fully saturated rings. The van der Waals surface area contributed by atoms with Crippen molar-refractivity contribution in [3.8, 4) is 0 Å². The van der Waals surface area contributed by atoms with Gasteiger partial charge in [0.2, 0.25) is 0 Å². The molecular weight excluding hydrogens is 206 g/mol. The Kier molecular flexibility index (Phi) is 2.33. The van der Waals surface area contributed by atoms with Gasteiger partial charge in [-0.15, -0.1) is 0 Å². The van der Waals surface area contributed by atoms with Gasteiger partial charge < -0.3 is 11.1 Å². The van der Waals surface area contributed by atoms with Gasteiger partial charge in [-0.1, -0.05) is 0 Å². The van der Waals surface area contributed by atoms with Gasteiger partial charge in [-0.25, -0.2) is 8.78 Å². The van der Waals surface area contributed by atoms with Crippen LogP contribution in [0.25, 0.3) is 0 Å². The van der Waals surface area contributed by atoms with Crippen molar-refractivity contribution < 1.29 is 8.78 Å². The zero-order valence-electron chi connectivity index (χ0n) is 8.28. The summed E-state index contributed by atoms with van der Waals surface area (Å²) in [6.07, 6.45) is -0.341. The quantitative estimate of drug-likeness (QED) is 0.753. The van der Waals surface area contributed by atoms with Gasteiger partial charge in [0, 0.05) is 42.0 Å². The molecule has 0 unspecified atom stereocenters. The molecule has 3 N–H and O–H groups in total. The van der Waals surface area contributed by atoms with Crippen LogP contribution in [0.2, 0.25) is 0 Å². The summed E-state index contributed by atoms with van der Waals surface area (Å²) in [6, 6.07) is 0. The molecule has 0 aromatic carbocycles. The lowest BCUT2D eigenvalue weighted by Gasteiger charge is -2.48. The molecule has 1 heterocycles. The normalized spacial score (nSPS) is 31.7. The van der Waals surface area contributed by atoms with Crippen molar-refractivity contribution >= 4 is 11.8 Å². The van der Waals surface area contributed by atoms with Crippen molar-refractivity contribution in [1.29, 1.82) is 0 Å². The molecule has 82 valence electrons. The summed E-state index contributed by atoms with van der Waals surface area (Å²) in [4.78, 5) is 0. The van der Waals surface area contributed by atoms with Gasteiger partial charge in [0.1, 0.15) is 0 Å². The van der Waals surface area contributed by atoms with E-state index in [4.69, 9.17) is 5.73 Å². The maximum Gasteiger partial charge on any atom is 0.251 e. The Bertz CT molecular complexity index is 233. The highest BCUT2D eigenvalue weighted by molar-refractivity contribution is 8.00. The minimum absolute atomic E-state index is 0.127. The number of nitrogens with one attached hydrogen (secondary N) is 1.